The number of ether oxygens (including phenoxy) is 2. The average molecular weight is 753 g/mol. The van der Waals surface area contributed by atoms with Crippen molar-refractivity contribution >= 4 is 59.5 Å². The number of amides is 4. The SMILES string of the molecule is CC(C)(C)OC(=O)NCCCN(CC(=O)NC(=O)c1ccc(C(=N)NC(=O)OCc2ccccc2)cc1)c1cc(Cl)cc(-n2ccncc2=O)c1.Cl. The van der Waals surface area contributed by atoms with Crippen molar-refractivity contribution in [3.8, 4) is 5.69 Å². The highest BCUT2D eigenvalue weighted by Crippen LogP contribution is 2.24. The van der Waals surface area contributed by atoms with Crippen molar-refractivity contribution in [1.82, 2.24) is 25.5 Å². The second-order valence-electron chi connectivity index (χ2n) is 12.2. The third kappa shape index (κ3) is 12.9. The van der Waals surface area contributed by atoms with Crippen LogP contribution in [0.5, 0.6) is 0 Å². The Bertz CT molecular complexity index is 1930. The number of anilines is 1. The van der Waals surface area contributed by atoms with Crippen LogP contribution in [-0.2, 0) is 20.9 Å². The van der Waals surface area contributed by atoms with E-state index < -0.39 is 29.6 Å². The number of hydrogen-bond acceptors (Lipinski definition) is 10. The van der Waals surface area contributed by atoms with Crippen molar-refractivity contribution in [2.24, 2.45) is 0 Å². The smallest absolute Gasteiger partial charge is 0.413 e. The molecule has 0 aliphatic carbocycles. The summed E-state index contributed by atoms with van der Waals surface area (Å²) < 4.78 is 11.8. The summed E-state index contributed by atoms with van der Waals surface area (Å²) >= 11 is 6.43. The van der Waals surface area contributed by atoms with Crippen molar-refractivity contribution in [3.05, 3.63) is 123 Å². The lowest BCUT2D eigenvalue weighted by Crippen LogP contribution is -2.41. The first-order valence-electron chi connectivity index (χ1n) is 15.8. The summed E-state index contributed by atoms with van der Waals surface area (Å²) in [6, 6.07) is 19.7. The van der Waals surface area contributed by atoms with Gasteiger partial charge in [0.05, 0.1) is 18.4 Å². The first-order chi connectivity index (χ1) is 24.3. The van der Waals surface area contributed by atoms with Gasteiger partial charge in [0, 0.05) is 47.3 Å². The lowest BCUT2D eigenvalue weighted by molar-refractivity contribution is -0.118. The molecule has 0 radical (unpaired) electrons. The van der Waals surface area contributed by atoms with E-state index in [2.05, 4.69) is 20.9 Å². The van der Waals surface area contributed by atoms with Gasteiger partial charge in [0.15, 0.2) is 0 Å². The highest BCUT2D eigenvalue weighted by molar-refractivity contribution is 6.31. The van der Waals surface area contributed by atoms with E-state index in [0.29, 0.717) is 28.4 Å². The molecule has 1 heterocycles. The number of nitrogens with zero attached hydrogens (tertiary/aromatic N) is 3. The van der Waals surface area contributed by atoms with E-state index in [1.165, 1.54) is 41.2 Å². The Morgan fingerprint density at radius 1 is 0.942 bits per heavy atom. The minimum atomic E-state index is -0.805. The van der Waals surface area contributed by atoms with E-state index in [4.69, 9.17) is 26.5 Å². The van der Waals surface area contributed by atoms with Crippen LogP contribution in [0.4, 0.5) is 15.3 Å². The number of nitrogens with one attached hydrogen (secondary N) is 4. The van der Waals surface area contributed by atoms with Crippen LogP contribution in [0.3, 0.4) is 0 Å². The molecule has 0 aliphatic heterocycles. The second kappa shape index (κ2) is 19.0. The van der Waals surface area contributed by atoms with Crippen molar-refractivity contribution in [2.45, 2.75) is 39.4 Å². The summed E-state index contributed by atoms with van der Waals surface area (Å²) in [5.74, 6) is -1.56. The number of carbonyl (C=O) groups excluding carboxylic acids is 4. The molecule has 0 atom stereocenters. The molecule has 0 fully saturated rings. The standard InChI is InChI=1S/C36H38ClN7O7.ClH/c1-36(2,3)51-34(48)40-14-7-16-43(28-18-27(37)19-29(20-28)44-17-15-39-21-31(44)46)22-30(45)41-33(47)26-12-10-25(11-13-26)32(38)42-35(49)50-23-24-8-5-4-6-9-24;/h4-6,8-13,15,17-21H,7,14,16,22-23H2,1-3H3,(H,40,48)(H2,38,42,49)(H,41,45,47);1H. The first kappa shape index (κ1) is 40.7. The molecule has 0 spiro atoms. The molecule has 4 N–H and O–H groups in total. The van der Waals surface area contributed by atoms with E-state index in [1.807, 2.05) is 18.2 Å². The van der Waals surface area contributed by atoms with Gasteiger partial charge in [-0.2, -0.15) is 0 Å². The van der Waals surface area contributed by atoms with Crippen molar-refractivity contribution in [1.29, 1.82) is 5.41 Å². The van der Waals surface area contributed by atoms with Gasteiger partial charge in [-0.15, -0.1) is 12.4 Å². The molecule has 14 nitrogen and oxygen atoms in total. The highest BCUT2D eigenvalue weighted by atomic mass is 35.5. The fourth-order valence-electron chi connectivity index (χ4n) is 4.65. The predicted octanol–water partition coefficient (Wildman–Crippen LogP) is 5.24. The summed E-state index contributed by atoms with van der Waals surface area (Å²) in [6.07, 6.45) is 3.10. The Hall–Kier alpha value is -5.73. The molecule has 0 saturated heterocycles. The Labute approximate surface area is 311 Å². The van der Waals surface area contributed by atoms with Gasteiger partial charge in [0.2, 0.25) is 5.91 Å². The monoisotopic (exact) mass is 751 g/mol. The fourth-order valence-corrected chi connectivity index (χ4v) is 4.87. The van der Waals surface area contributed by atoms with E-state index >= 15 is 0 Å². The maximum Gasteiger partial charge on any atom is 0.413 e. The highest BCUT2D eigenvalue weighted by Gasteiger charge is 2.19. The molecule has 52 heavy (non-hydrogen) atoms. The van der Waals surface area contributed by atoms with Crippen LogP contribution in [0.15, 0.2) is 96.2 Å². The minimum absolute atomic E-state index is 0. The van der Waals surface area contributed by atoms with Gasteiger partial charge in [-0.05, 0) is 63.1 Å². The molecule has 3 aromatic carbocycles. The number of alkyl carbamates (subject to hydrolysis) is 2. The van der Waals surface area contributed by atoms with Crippen LogP contribution in [0.25, 0.3) is 5.69 Å². The van der Waals surface area contributed by atoms with Crippen LogP contribution >= 0.6 is 24.0 Å². The maximum absolute atomic E-state index is 13.2. The zero-order valence-electron chi connectivity index (χ0n) is 28.7. The fraction of sp³-hybridized carbons (Fsp3) is 0.250. The summed E-state index contributed by atoms with van der Waals surface area (Å²) in [6.45, 7) is 5.50. The van der Waals surface area contributed by atoms with Gasteiger partial charge in [0.1, 0.15) is 18.0 Å². The molecular weight excluding hydrogens is 713 g/mol. The van der Waals surface area contributed by atoms with Gasteiger partial charge >= 0.3 is 12.2 Å². The quantitative estimate of drug-likeness (QED) is 0.0854. The number of imide groups is 1. The summed E-state index contributed by atoms with van der Waals surface area (Å²) in [7, 11) is 0. The third-order valence-corrected chi connectivity index (χ3v) is 7.19. The molecule has 16 heteroatoms. The normalized spacial score (nSPS) is 10.6. The third-order valence-electron chi connectivity index (χ3n) is 6.97. The summed E-state index contributed by atoms with van der Waals surface area (Å²) in [4.78, 5) is 68.4. The molecule has 4 aromatic rings. The number of hydrogen-bond donors (Lipinski definition) is 4. The average Bonchev–Trinajstić information content (AvgIpc) is 3.08. The van der Waals surface area contributed by atoms with Crippen LogP contribution in [0.1, 0.15) is 48.7 Å². The van der Waals surface area contributed by atoms with Crippen LogP contribution in [-0.4, -0.2) is 64.6 Å². The van der Waals surface area contributed by atoms with Gasteiger partial charge < -0.3 is 19.7 Å². The number of benzene rings is 3. The molecule has 1 aromatic heterocycles. The summed E-state index contributed by atoms with van der Waals surface area (Å²) in [5, 5.41) is 15.9. The molecule has 0 bridgehead atoms. The number of halogens is 2. The molecule has 274 valence electrons. The van der Waals surface area contributed by atoms with Gasteiger partial charge in [0.25, 0.3) is 11.5 Å². The Morgan fingerprint density at radius 3 is 2.31 bits per heavy atom. The lowest BCUT2D eigenvalue weighted by atomic mass is 10.1. The predicted molar refractivity (Wildman–Crippen MR) is 199 cm³/mol. The molecule has 0 unspecified atom stereocenters. The van der Waals surface area contributed by atoms with E-state index in [-0.39, 0.29) is 55.6 Å². The van der Waals surface area contributed by atoms with Crippen molar-refractivity contribution < 1.29 is 28.7 Å². The van der Waals surface area contributed by atoms with E-state index in [9.17, 15) is 24.0 Å². The van der Waals surface area contributed by atoms with Gasteiger partial charge in [-0.3, -0.25) is 40.0 Å². The number of carbonyl (C=O) groups is 4. The Kier molecular flexibility index (Phi) is 14.9. The second-order valence-corrected chi connectivity index (χ2v) is 12.6. The van der Waals surface area contributed by atoms with Crippen LogP contribution in [0.2, 0.25) is 5.02 Å². The zero-order chi connectivity index (χ0) is 37.0. The van der Waals surface area contributed by atoms with E-state index in [0.717, 1.165) is 11.8 Å². The molecule has 4 rings (SSSR count). The van der Waals surface area contributed by atoms with E-state index in [1.54, 1.807) is 56.0 Å². The molecule has 4 amide bonds. The van der Waals surface area contributed by atoms with Crippen LogP contribution < -0.4 is 26.4 Å². The number of rotatable bonds is 12. The number of amidine groups is 1. The summed E-state index contributed by atoms with van der Waals surface area (Å²) in [5.41, 5.74) is 1.11. The lowest BCUT2D eigenvalue weighted by Gasteiger charge is -2.25. The Morgan fingerprint density at radius 2 is 1.63 bits per heavy atom. The first-order valence-corrected chi connectivity index (χ1v) is 16.2. The van der Waals surface area contributed by atoms with Crippen molar-refractivity contribution in [2.75, 3.05) is 24.5 Å². The Balaban J connectivity index is 0.00000729. The van der Waals surface area contributed by atoms with Gasteiger partial charge in [-0.1, -0.05) is 54.1 Å². The maximum atomic E-state index is 13.2. The van der Waals surface area contributed by atoms with Gasteiger partial charge in [-0.25, -0.2) is 9.59 Å². The molecular formula is C36H39Cl2N7O7. The minimum Gasteiger partial charge on any atom is -0.444 e. The number of aromatic nitrogens is 2. The zero-order valence-corrected chi connectivity index (χ0v) is 30.3. The molecule has 0 aliphatic rings. The van der Waals surface area contributed by atoms with Crippen molar-refractivity contribution in [3.63, 3.8) is 0 Å². The largest absolute Gasteiger partial charge is 0.444 e. The van der Waals surface area contributed by atoms with Crippen LogP contribution in [0, 0.1) is 5.41 Å². The topological polar surface area (TPSA) is 185 Å². The molecule has 0 saturated carbocycles.